The topological polar surface area (TPSA) is 38.8 Å². The van der Waals surface area contributed by atoms with Crippen molar-refractivity contribution in [3.8, 4) is 0 Å². The number of hydrogen-bond donors (Lipinski definition) is 0. The second kappa shape index (κ2) is 7.46. The molecule has 3 atom stereocenters. The fourth-order valence-corrected chi connectivity index (χ4v) is 4.23. The number of carbonyl (C=O) groups excluding carboxylic acids is 1. The first-order valence-electron chi connectivity index (χ1n) is 9.79. The summed E-state index contributed by atoms with van der Waals surface area (Å²) in [4.78, 5) is 15.0. The van der Waals surface area contributed by atoms with Crippen molar-refractivity contribution in [1.29, 1.82) is 0 Å². The van der Waals surface area contributed by atoms with Crippen LogP contribution in [0, 0.1) is 12.8 Å². The maximum absolute atomic E-state index is 12.9. The molecule has 2 saturated carbocycles. The first kappa shape index (κ1) is 17.0. The van der Waals surface area contributed by atoms with Gasteiger partial charge < -0.3 is 14.4 Å². The van der Waals surface area contributed by atoms with Crippen molar-refractivity contribution in [3.63, 3.8) is 0 Å². The van der Waals surface area contributed by atoms with Gasteiger partial charge in [0.25, 0.3) is 0 Å². The SMILES string of the molecule is Cc1ccccc1CCC(=O)N1CCO[C@H]2CC[C@H]1[C@@H]2OCC1CC1. The molecule has 1 heterocycles. The van der Waals surface area contributed by atoms with E-state index >= 15 is 0 Å². The van der Waals surface area contributed by atoms with E-state index in [1.807, 2.05) is 6.07 Å². The van der Waals surface area contributed by atoms with Gasteiger partial charge in [-0.2, -0.15) is 0 Å². The molecule has 4 nitrogen and oxygen atoms in total. The molecular weight excluding hydrogens is 314 g/mol. The molecule has 1 amide bonds. The summed E-state index contributed by atoms with van der Waals surface area (Å²) in [5.41, 5.74) is 2.54. The number of amides is 1. The van der Waals surface area contributed by atoms with Crippen molar-refractivity contribution in [3.05, 3.63) is 35.4 Å². The Hall–Kier alpha value is -1.39. The summed E-state index contributed by atoms with van der Waals surface area (Å²) in [6, 6.07) is 8.54. The van der Waals surface area contributed by atoms with Crippen molar-refractivity contribution in [1.82, 2.24) is 4.90 Å². The Morgan fingerprint density at radius 3 is 2.88 bits per heavy atom. The lowest BCUT2D eigenvalue weighted by molar-refractivity contribution is -0.136. The van der Waals surface area contributed by atoms with E-state index in [4.69, 9.17) is 9.47 Å². The molecule has 1 saturated heterocycles. The fourth-order valence-electron chi connectivity index (χ4n) is 4.23. The average molecular weight is 343 g/mol. The molecule has 4 heteroatoms. The van der Waals surface area contributed by atoms with E-state index in [-0.39, 0.29) is 24.2 Å². The molecule has 2 aliphatic carbocycles. The number of fused-ring (bicyclic) bond motifs is 2. The summed E-state index contributed by atoms with van der Waals surface area (Å²) in [5, 5.41) is 0. The van der Waals surface area contributed by atoms with E-state index in [2.05, 4.69) is 30.0 Å². The lowest BCUT2D eigenvalue weighted by Crippen LogP contribution is -2.46. The molecule has 1 aliphatic heterocycles. The van der Waals surface area contributed by atoms with E-state index in [9.17, 15) is 4.79 Å². The standard InChI is InChI=1S/C21H29NO3/c1-15-4-2-3-5-17(15)8-11-20(23)22-12-13-24-19-10-9-18(22)21(19)25-14-16-6-7-16/h2-5,16,18-19,21H,6-14H2,1H3/t18-,19-,21-/m0/s1. The Kier molecular flexibility index (Phi) is 5.09. The molecule has 136 valence electrons. The third-order valence-electron chi connectivity index (χ3n) is 5.97. The van der Waals surface area contributed by atoms with E-state index in [0.29, 0.717) is 19.6 Å². The summed E-state index contributed by atoms with van der Waals surface area (Å²) >= 11 is 0. The van der Waals surface area contributed by atoms with Crippen molar-refractivity contribution in [2.75, 3.05) is 19.8 Å². The van der Waals surface area contributed by atoms with Crippen LogP contribution in [-0.4, -0.2) is 48.8 Å². The van der Waals surface area contributed by atoms with Crippen molar-refractivity contribution in [2.24, 2.45) is 5.92 Å². The van der Waals surface area contributed by atoms with Crippen LogP contribution >= 0.6 is 0 Å². The second-order valence-electron chi connectivity index (χ2n) is 7.81. The monoisotopic (exact) mass is 343 g/mol. The van der Waals surface area contributed by atoms with Gasteiger partial charge in [0.1, 0.15) is 6.10 Å². The number of hydrogen-bond acceptors (Lipinski definition) is 3. The molecular formula is C21H29NO3. The lowest BCUT2D eigenvalue weighted by Gasteiger charge is -2.31. The minimum atomic E-state index is 0.0745. The molecule has 1 aromatic carbocycles. The largest absolute Gasteiger partial charge is 0.374 e. The van der Waals surface area contributed by atoms with Gasteiger partial charge in [-0.15, -0.1) is 0 Å². The smallest absolute Gasteiger partial charge is 0.223 e. The Balaban J connectivity index is 1.39. The zero-order valence-electron chi connectivity index (χ0n) is 15.2. The van der Waals surface area contributed by atoms with Crippen LogP contribution in [0.25, 0.3) is 0 Å². The minimum Gasteiger partial charge on any atom is -0.374 e. The summed E-state index contributed by atoms with van der Waals surface area (Å²) in [6.07, 6.45) is 6.25. The predicted molar refractivity (Wildman–Crippen MR) is 96.4 cm³/mol. The Bertz CT molecular complexity index is 613. The third kappa shape index (κ3) is 3.90. The number of benzene rings is 1. The maximum Gasteiger partial charge on any atom is 0.223 e. The van der Waals surface area contributed by atoms with Gasteiger partial charge in [-0.25, -0.2) is 0 Å². The van der Waals surface area contributed by atoms with Gasteiger partial charge in [0.2, 0.25) is 5.91 Å². The molecule has 0 N–H and O–H groups in total. The van der Waals surface area contributed by atoms with Crippen LogP contribution in [0.2, 0.25) is 0 Å². The quantitative estimate of drug-likeness (QED) is 0.797. The van der Waals surface area contributed by atoms with E-state index in [1.165, 1.54) is 24.0 Å². The average Bonchev–Trinajstić information content (AvgIpc) is 3.36. The van der Waals surface area contributed by atoms with Crippen molar-refractivity contribution >= 4 is 5.91 Å². The zero-order chi connectivity index (χ0) is 17.2. The highest BCUT2D eigenvalue weighted by Gasteiger charge is 2.45. The number of carbonyl (C=O) groups is 1. The molecule has 0 unspecified atom stereocenters. The predicted octanol–water partition coefficient (Wildman–Crippen LogP) is 3.11. The first-order chi connectivity index (χ1) is 12.2. The second-order valence-corrected chi connectivity index (χ2v) is 7.81. The normalized spacial score (nSPS) is 28.8. The van der Waals surface area contributed by atoms with Crippen LogP contribution in [0.3, 0.4) is 0 Å². The Morgan fingerprint density at radius 1 is 1.24 bits per heavy atom. The van der Waals surface area contributed by atoms with Crippen LogP contribution in [-0.2, 0) is 20.7 Å². The van der Waals surface area contributed by atoms with Gasteiger partial charge >= 0.3 is 0 Å². The highest BCUT2D eigenvalue weighted by molar-refractivity contribution is 5.77. The molecule has 25 heavy (non-hydrogen) atoms. The summed E-state index contributed by atoms with van der Waals surface area (Å²) in [5.74, 6) is 0.993. The fraction of sp³-hybridized carbons (Fsp3) is 0.667. The summed E-state index contributed by atoms with van der Waals surface area (Å²) in [7, 11) is 0. The van der Waals surface area contributed by atoms with Crippen LogP contribution in [0.15, 0.2) is 24.3 Å². The minimum absolute atomic E-state index is 0.0745. The van der Waals surface area contributed by atoms with Crippen LogP contribution in [0.4, 0.5) is 0 Å². The lowest BCUT2D eigenvalue weighted by atomic mass is 10.0. The van der Waals surface area contributed by atoms with E-state index in [0.717, 1.165) is 31.8 Å². The highest BCUT2D eigenvalue weighted by atomic mass is 16.5. The Morgan fingerprint density at radius 2 is 2.08 bits per heavy atom. The van der Waals surface area contributed by atoms with Crippen LogP contribution in [0.1, 0.15) is 43.2 Å². The molecule has 4 rings (SSSR count). The molecule has 3 fully saturated rings. The number of rotatable bonds is 6. The van der Waals surface area contributed by atoms with Crippen molar-refractivity contribution in [2.45, 2.75) is 63.7 Å². The number of aryl methyl sites for hydroxylation is 2. The van der Waals surface area contributed by atoms with Gasteiger partial charge in [-0.3, -0.25) is 4.79 Å². The third-order valence-corrected chi connectivity index (χ3v) is 5.97. The molecule has 3 aliphatic rings. The summed E-state index contributed by atoms with van der Waals surface area (Å²) in [6.45, 7) is 4.30. The van der Waals surface area contributed by atoms with Gasteiger partial charge in [-0.1, -0.05) is 24.3 Å². The van der Waals surface area contributed by atoms with Gasteiger partial charge in [-0.05, 0) is 56.1 Å². The molecule has 1 aromatic rings. The van der Waals surface area contributed by atoms with Gasteiger partial charge in [0.15, 0.2) is 0 Å². The highest BCUT2D eigenvalue weighted by Crippen LogP contribution is 2.35. The maximum atomic E-state index is 12.9. The number of nitrogens with zero attached hydrogens (tertiary/aromatic N) is 1. The first-order valence-corrected chi connectivity index (χ1v) is 9.79. The van der Waals surface area contributed by atoms with E-state index in [1.54, 1.807) is 0 Å². The van der Waals surface area contributed by atoms with Gasteiger partial charge in [0, 0.05) is 19.6 Å². The molecule has 0 radical (unpaired) electrons. The summed E-state index contributed by atoms with van der Waals surface area (Å²) < 4.78 is 12.2. The van der Waals surface area contributed by atoms with Gasteiger partial charge in [0.05, 0.1) is 18.8 Å². The zero-order valence-corrected chi connectivity index (χ0v) is 15.2. The Labute approximate surface area is 150 Å². The number of ether oxygens (including phenoxy) is 2. The molecule has 2 bridgehead atoms. The molecule has 0 aromatic heterocycles. The molecule has 0 spiro atoms. The van der Waals surface area contributed by atoms with Crippen LogP contribution in [0.5, 0.6) is 0 Å². The van der Waals surface area contributed by atoms with Crippen LogP contribution < -0.4 is 0 Å². The van der Waals surface area contributed by atoms with Crippen molar-refractivity contribution < 1.29 is 14.3 Å². The van der Waals surface area contributed by atoms with E-state index < -0.39 is 0 Å².